The van der Waals surface area contributed by atoms with Crippen LogP contribution >= 0.6 is 0 Å². The van der Waals surface area contributed by atoms with Crippen LogP contribution in [0.3, 0.4) is 0 Å². The molecule has 2 heteroatoms. The molecule has 1 aromatic carbocycles. The summed E-state index contributed by atoms with van der Waals surface area (Å²) in [7, 11) is 0. The molecule has 1 aromatic rings. The van der Waals surface area contributed by atoms with Crippen molar-refractivity contribution >= 4 is 0 Å². The minimum absolute atomic E-state index is 0.190. The number of hydrogen-bond acceptors (Lipinski definition) is 0. The van der Waals surface area contributed by atoms with Gasteiger partial charge in [-0.2, -0.15) is 0 Å². The van der Waals surface area contributed by atoms with Crippen LogP contribution in [0.1, 0.15) is 23.5 Å². The summed E-state index contributed by atoms with van der Waals surface area (Å²) in [6, 6.07) is 7.35. The molecule has 0 spiro atoms. The lowest BCUT2D eigenvalue weighted by molar-refractivity contribution is 0.382. The fourth-order valence-electron chi connectivity index (χ4n) is 1.19. The van der Waals surface area contributed by atoms with E-state index in [2.05, 4.69) is 19.2 Å². The van der Waals surface area contributed by atoms with Gasteiger partial charge in [-0.25, -0.2) is 8.78 Å². The van der Waals surface area contributed by atoms with Gasteiger partial charge in [0.15, 0.2) is 0 Å². The molecular weight excluding hydrogens is 182 g/mol. The predicted octanol–water partition coefficient (Wildman–Crippen LogP) is 3.88. The molecular formula is C12H11F2. The monoisotopic (exact) mass is 193 g/mol. The first kappa shape index (κ1) is 10.6. The topological polar surface area (TPSA) is 0 Å². The van der Waals surface area contributed by atoms with E-state index in [4.69, 9.17) is 0 Å². The Morgan fingerprint density at radius 2 is 1.86 bits per heavy atom. The molecule has 1 rings (SSSR count). The van der Waals surface area contributed by atoms with Gasteiger partial charge in [-0.3, -0.25) is 0 Å². The number of allylic oxidation sites excluding steroid dienone is 2. The Labute approximate surface area is 82.6 Å². The smallest absolute Gasteiger partial charge is 0.144 e. The van der Waals surface area contributed by atoms with Gasteiger partial charge in [0, 0.05) is 5.56 Å². The van der Waals surface area contributed by atoms with Gasteiger partial charge < -0.3 is 0 Å². The van der Waals surface area contributed by atoms with Crippen LogP contribution in [0, 0.1) is 6.07 Å². The van der Waals surface area contributed by atoms with E-state index < -0.39 is 12.3 Å². The summed E-state index contributed by atoms with van der Waals surface area (Å²) in [6.07, 6.45) is -0.502. The van der Waals surface area contributed by atoms with Crippen LogP contribution < -0.4 is 0 Å². The molecule has 1 radical (unpaired) electrons. The molecule has 0 nitrogen and oxygen atoms in total. The van der Waals surface area contributed by atoms with Crippen LogP contribution in [0.15, 0.2) is 43.5 Å². The second-order valence-corrected chi connectivity index (χ2v) is 2.81. The molecule has 2 unspecified atom stereocenters. The van der Waals surface area contributed by atoms with Gasteiger partial charge in [0.05, 0.1) is 0 Å². The molecule has 0 aromatic heterocycles. The summed E-state index contributed by atoms with van der Waals surface area (Å²) in [5, 5.41) is 0. The zero-order valence-electron chi connectivity index (χ0n) is 7.71. The minimum Gasteiger partial charge on any atom is -0.238 e. The summed E-state index contributed by atoms with van der Waals surface area (Å²) >= 11 is 0. The largest absolute Gasteiger partial charge is 0.238 e. The quantitative estimate of drug-likeness (QED) is 0.636. The molecule has 14 heavy (non-hydrogen) atoms. The molecule has 0 bridgehead atoms. The first-order valence-corrected chi connectivity index (χ1v) is 4.24. The van der Waals surface area contributed by atoms with Crippen molar-refractivity contribution in [1.29, 1.82) is 0 Å². The highest BCUT2D eigenvalue weighted by atomic mass is 19.1. The van der Waals surface area contributed by atoms with Crippen molar-refractivity contribution in [2.45, 2.75) is 12.3 Å². The van der Waals surface area contributed by atoms with Crippen LogP contribution in [0.5, 0.6) is 0 Å². The molecule has 0 aliphatic carbocycles. The summed E-state index contributed by atoms with van der Waals surface area (Å²) in [4.78, 5) is 0. The van der Waals surface area contributed by atoms with Crippen molar-refractivity contribution in [3.8, 4) is 0 Å². The van der Waals surface area contributed by atoms with Crippen LogP contribution in [-0.4, -0.2) is 0 Å². The Morgan fingerprint density at radius 3 is 2.43 bits per heavy atom. The van der Waals surface area contributed by atoms with Crippen LogP contribution in [0.4, 0.5) is 8.78 Å². The van der Waals surface area contributed by atoms with Crippen LogP contribution in [0.25, 0.3) is 0 Å². The highest BCUT2D eigenvalue weighted by Gasteiger charge is 2.15. The van der Waals surface area contributed by atoms with Gasteiger partial charge in [0.1, 0.15) is 12.3 Å². The number of hydrogen-bond donors (Lipinski definition) is 0. The second-order valence-electron chi connectivity index (χ2n) is 2.81. The number of halogens is 2. The fourth-order valence-corrected chi connectivity index (χ4v) is 1.19. The summed E-state index contributed by atoms with van der Waals surface area (Å²) in [6.45, 7) is 6.65. The van der Waals surface area contributed by atoms with Gasteiger partial charge in [0.2, 0.25) is 0 Å². The Balaban J connectivity index is 3.14. The third-order valence-corrected chi connectivity index (χ3v) is 1.91. The standard InChI is InChI=1S/C12H11F2/c1-3-11(13)9-7-5-6-8-10(9)12(14)4-2/h3-7,11-12H,1-2H2. The number of benzene rings is 1. The van der Waals surface area contributed by atoms with Crippen molar-refractivity contribution in [2.24, 2.45) is 0 Å². The van der Waals surface area contributed by atoms with E-state index in [-0.39, 0.29) is 11.1 Å². The van der Waals surface area contributed by atoms with Gasteiger partial charge in [-0.1, -0.05) is 43.5 Å². The Kier molecular flexibility index (Phi) is 3.57. The molecule has 0 saturated heterocycles. The number of rotatable bonds is 4. The molecule has 0 aliphatic rings. The average molecular weight is 193 g/mol. The first-order chi connectivity index (χ1) is 6.70. The van der Waals surface area contributed by atoms with Gasteiger partial charge in [-0.15, -0.1) is 0 Å². The molecule has 0 heterocycles. The lowest BCUT2D eigenvalue weighted by Gasteiger charge is -2.11. The lowest BCUT2D eigenvalue weighted by Crippen LogP contribution is -1.97. The van der Waals surface area contributed by atoms with Crippen LogP contribution in [-0.2, 0) is 0 Å². The van der Waals surface area contributed by atoms with Gasteiger partial charge >= 0.3 is 0 Å². The zero-order chi connectivity index (χ0) is 10.6. The Bertz CT molecular complexity index is 298. The third-order valence-electron chi connectivity index (χ3n) is 1.91. The summed E-state index contributed by atoms with van der Waals surface area (Å²) < 4.78 is 26.6. The van der Waals surface area contributed by atoms with E-state index >= 15 is 0 Å². The molecule has 0 aliphatic heterocycles. The summed E-state index contributed by atoms with van der Waals surface area (Å²) in [5.74, 6) is 0. The maximum atomic E-state index is 13.3. The average Bonchev–Trinajstić information content (AvgIpc) is 2.27. The van der Waals surface area contributed by atoms with Crippen molar-refractivity contribution < 1.29 is 8.78 Å². The van der Waals surface area contributed by atoms with E-state index in [0.717, 1.165) is 12.2 Å². The zero-order valence-corrected chi connectivity index (χ0v) is 7.71. The van der Waals surface area contributed by atoms with Crippen molar-refractivity contribution in [3.05, 3.63) is 60.7 Å². The fraction of sp³-hybridized carbons (Fsp3) is 0.167. The molecule has 2 atom stereocenters. The SMILES string of the molecule is C=CC(F)c1[c]cccc1C(F)C=C. The Hall–Kier alpha value is -1.44. The summed E-state index contributed by atoms with van der Waals surface area (Å²) in [5.41, 5.74) is 0.449. The molecule has 0 fully saturated rings. The predicted molar refractivity (Wildman–Crippen MR) is 53.4 cm³/mol. The highest BCUT2D eigenvalue weighted by Crippen LogP contribution is 2.28. The number of alkyl halides is 2. The van der Waals surface area contributed by atoms with Crippen molar-refractivity contribution in [2.75, 3.05) is 0 Å². The third kappa shape index (κ3) is 2.08. The molecule has 0 amide bonds. The normalized spacial score (nSPS) is 14.4. The maximum absolute atomic E-state index is 13.3. The van der Waals surface area contributed by atoms with Gasteiger partial charge in [-0.05, 0) is 11.6 Å². The first-order valence-electron chi connectivity index (χ1n) is 4.24. The van der Waals surface area contributed by atoms with Crippen molar-refractivity contribution in [3.63, 3.8) is 0 Å². The maximum Gasteiger partial charge on any atom is 0.144 e. The lowest BCUT2D eigenvalue weighted by atomic mass is 9.99. The van der Waals surface area contributed by atoms with E-state index in [1.165, 1.54) is 6.07 Å². The van der Waals surface area contributed by atoms with Crippen molar-refractivity contribution in [1.82, 2.24) is 0 Å². The van der Waals surface area contributed by atoms with Gasteiger partial charge in [0.25, 0.3) is 0 Å². The molecule has 0 saturated carbocycles. The van der Waals surface area contributed by atoms with E-state index in [1.807, 2.05) is 0 Å². The minimum atomic E-state index is -1.38. The Morgan fingerprint density at radius 1 is 1.21 bits per heavy atom. The van der Waals surface area contributed by atoms with Crippen LogP contribution in [0.2, 0.25) is 0 Å². The van der Waals surface area contributed by atoms with E-state index in [0.29, 0.717) is 0 Å². The van der Waals surface area contributed by atoms with E-state index in [9.17, 15) is 8.78 Å². The molecule has 73 valence electrons. The highest BCUT2D eigenvalue weighted by molar-refractivity contribution is 5.33. The second kappa shape index (κ2) is 4.70. The molecule has 0 N–H and O–H groups in total. The van der Waals surface area contributed by atoms with E-state index in [1.54, 1.807) is 12.1 Å².